The number of non-ortho nitro benzene ring substituents is 1. The lowest BCUT2D eigenvalue weighted by Gasteiger charge is -2.19. The lowest BCUT2D eigenvalue weighted by atomic mass is 9.79. The zero-order chi connectivity index (χ0) is 70.2. The van der Waals surface area contributed by atoms with Crippen molar-refractivity contribution in [3.8, 4) is 22.5 Å². The van der Waals surface area contributed by atoms with Gasteiger partial charge >= 0.3 is 5.97 Å². The second-order valence-electron chi connectivity index (χ2n) is 26.3. The van der Waals surface area contributed by atoms with E-state index in [4.69, 9.17) is 28.8 Å². The Morgan fingerprint density at radius 2 is 0.824 bits per heavy atom. The molecule has 0 saturated carbocycles. The number of nitrogens with zero attached hydrogens (tertiary/aromatic N) is 13. The molecule has 8 aliphatic rings. The zero-order valence-electron chi connectivity index (χ0n) is 55.1. The number of rotatable bonds is 14. The molecule has 8 atom stereocenters. The number of carbonyl (C=O) groups is 5. The number of hydrogen-bond donors (Lipinski definition) is 5. The van der Waals surface area contributed by atoms with Crippen LogP contribution < -0.4 is 21.3 Å². The molecule has 8 aliphatic heterocycles. The molecule has 18 rings (SSSR count). The molecule has 6 aromatic carbocycles. The van der Waals surface area contributed by atoms with Gasteiger partial charge < -0.3 is 50.1 Å². The van der Waals surface area contributed by atoms with Crippen molar-refractivity contribution in [3.05, 3.63) is 220 Å². The predicted molar refractivity (Wildman–Crippen MR) is 364 cm³/mol. The first-order valence-electron chi connectivity index (χ1n) is 33.4. The molecule has 4 amide bonds. The Hall–Kier alpha value is -11.6. The summed E-state index contributed by atoms with van der Waals surface area (Å²) in [6, 6.07) is 47.2. The van der Waals surface area contributed by atoms with Gasteiger partial charge in [0, 0.05) is 46.0 Å². The van der Waals surface area contributed by atoms with Crippen molar-refractivity contribution >= 4 is 58.0 Å². The highest BCUT2D eigenvalue weighted by molar-refractivity contribution is 6.09. The fourth-order valence-electron chi connectivity index (χ4n) is 14.8. The minimum atomic E-state index is -0.650. The van der Waals surface area contributed by atoms with Crippen LogP contribution in [0.2, 0.25) is 0 Å². The highest BCUT2D eigenvalue weighted by atomic mass is 16.6. The summed E-state index contributed by atoms with van der Waals surface area (Å²) in [5.74, 6) is -0.509. The Labute approximate surface area is 581 Å². The molecule has 30 heteroatoms. The van der Waals surface area contributed by atoms with Gasteiger partial charge in [0.2, 0.25) is 23.6 Å². The van der Waals surface area contributed by atoms with Crippen molar-refractivity contribution in [2.24, 2.45) is 0 Å². The number of carbonyl (C=O) groups excluding carboxylic acids is 5. The molecule has 4 fully saturated rings. The van der Waals surface area contributed by atoms with E-state index in [1.54, 1.807) is 50.2 Å². The highest BCUT2D eigenvalue weighted by Crippen LogP contribution is 2.49. The lowest BCUT2D eigenvalue weighted by Crippen LogP contribution is -2.35. The number of aromatic nitrogens is 12. The number of anilines is 4. The Bertz CT molecular complexity index is 4830. The number of benzene rings is 6. The number of esters is 1. The maximum atomic E-state index is 12.6. The molecule has 30 nitrogen and oxygen atoms in total. The molecule has 12 heterocycles. The van der Waals surface area contributed by atoms with Gasteiger partial charge in [0.1, 0.15) is 38.7 Å². The number of nitro benzene ring substituents is 1. The van der Waals surface area contributed by atoms with Gasteiger partial charge in [-0.05, 0) is 91.3 Å². The molecule has 4 aromatic heterocycles. The lowest BCUT2D eigenvalue weighted by molar-refractivity contribution is -0.384. The third-order valence-electron chi connectivity index (χ3n) is 19.9. The van der Waals surface area contributed by atoms with Gasteiger partial charge in [-0.2, -0.15) is 0 Å². The average Bonchev–Trinajstić information content (AvgIpc) is 1.61. The fourth-order valence-corrected chi connectivity index (χ4v) is 14.8. The second kappa shape index (κ2) is 27.5. The number of ether oxygens (including phenoxy) is 5. The number of amides is 4. The molecule has 0 aliphatic carbocycles. The van der Waals surface area contributed by atoms with Gasteiger partial charge in [0.15, 0.2) is 5.69 Å². The minimum absolute atomic E-state index is 0.00541. The number of para-hydroxylation sites is 4. The van der Waals surface area contributed by atoms with E-state index in [-0.39, 0.29) is 72.6 Å². The molecule has 102 heavy (non-hydrogen) atoms. The monoisotopic (exact) mass is 1380 g/mol. The van der Waals surface area contributed by atoms with Crippen LogP contribution >= 0.6 is 0 Å². The van der Waals surface area contributed by atoms with Crippen molar-refractivity contribution in [1.82, 2.24) is 60.0 Å². The van der Waals surface area contributed by atoms with E-state index in [1.165, 1.54) is 18.3 Å². The summed E-state index contributed by atoms with van der Waals surface area (Å²) in [5.41, 5.74) is 8.97. The van der Waals surface area contributed by atoms with E-state index in [2.05, 4.69) is 62.5 Å². The van der Waals surface area contributed by atoms with Gasteiger partial charge in [-0.3, -0.25) is 29.3 Å². The van der Waals surface area contributed by atoms with Crippen molar-refractivity contribution < 1.29 is 57.7 Å². The molecule has 0 radical (unpaired) electrons. The molecule has 520 valence electrons. The van der Waals surface area contributed by atoms with Crippen LogP contribution in [0.3, 0.4) is 0 Å². The van der Waals surface area contributed by atoms with Crippen LogP contribution in [-0.2, 0) is 97.3 Å². The smallest absolute Gasteiger partial charge is 0.360 e. The first-order valence-corrected chi connectivity index (χ1v) is 33.4. The third kappa shape index (κ3) is 12.6. The highest BCUT2D eigenvalue weighted by Gasteiger charge is 2.56. The second-order valence-corrected chi connectivity index (χ2v) is 26.3. The number of aliphatic hydroxyl groups is 1. The van der Waals surface area contributed by atoms with Gasteiger partial charge in [-0.25, -0.2) is 23.5 Å². The predicted octanol–water partition coefficient (Wildman–Crippen LogP) is 6.74. The quantitative estimate of drug-likeness (QED) is 0.0427. The number of hydrogen-bond acceptors (Lipinski definition) is 21. The van der Waals surface area contributed by atoms with Crippen LogP contribution in [0.1, 0.15) is 71.0 Å². The van der Waals surface area contributed by atoms with E-state index >= 15 is 0 Å². The van der Waals surface area contributed by atoms with Crippen LogP contribution in [0, 0.1) is 10.1 Å². The molecule has 10 aromatic rings. The van der Waals surface area contributed by atoms with E-state index in [0.717, 1.165) is 61.8 Å². The number of fused-ring (bicyclic) bond motifs is 8. The van der Waals surface area contributed by atoms with Crippen molar-refractivity contribution in [2.45, 2.75) is 111 Å². The first kappa shape index (κ1) is 66.3. The van der Waals surface area contributed by atoms with E-state index in [1.807, 2.05) is 134 Å². The molecular weight excluding hydrogens is 1310 g/mol. The SMILES string of the molecule is CCOC(=O)c1cn(CC2CC3(CO2)C(=O)Nc2ccccc23)nn1.O=C1Nc2ccccc2C12COC(Cn1cc(-c3ccc([N+](=O)[O-])cc3)nn1)C2.O=C1Nc2ccccc2C12COC(Cn1cc(-c3ccccc3)nn1)C2.O=C1Nc2ccccc2C12COC(Cn1cc(CO)nn1)C2. The summed E-state index contributed by atoms with van der Waals surface area (Å²) < 4.78 is 35.2. The van der Waals surface area contributed by atoms with Crippen LogP contribution in [-0.4, -0.2) is 157 Å². The zero-order valence-corrected chi connectivity index (χ0v) is 55.1. The first-order chi connectivity index (χ1) is 49.6. The van der Waals surface area contributed by atoms with E-state index in [9.17, 15) is 34.1 Å². The fraction of sp³-hybridized carbons (Fsp3) is 0.319. The van der Waals surface area contributed by atoms with Crippen LogP contribution in [0.15, 0.2) is 176 Å². The Morgan fingerprint density at radius 1 is 0.480 bits per heavy atom. The molecule has 4 saturated heterocycles. The molecule has 0 bridgehead atoms. The van der Waals surface area contributed by atoms with E-state index < -0.39 is 32.6 Å². The van der Waals surface area contributed by atoms with E-state index in [0.29, 0.717) is 89.7 Å². The Balaban J connectivity index is 0.000000110. The minimum Gasteiger partial charge on any atom is -0.461 e. The molecule has 4 spiro atoms. The van der Waals surface area contributed by atoms with Gasteiger partial charge in [0.25, 0.3) is 5.69 Å². The van der Waals surface area contributed by atoms with Gasteiger partial charge in [-0.15, -0.1) is 20.4 Å². The Kier molecular flexibility index (Phi) is 17.9. The topological polar surface area (TPSA) is 366 Å². The van der Waals surface area contributed by atoms with Crippen LogP contribution in [0.5, 0.6) is 0 Å². The normalized spacial score (nSPS) is 24.2. The summed E-state index contributed by atoms with van der Waals surface area (Å²) >= 11 is 0. The standard InChI is InChI=1S/C20H17N5O4.C20H18N4O2.C17H18N4O4.C15H16N4O3/c26-19-20(16-3-1-2-4-17(16)21-19)9-15(29-12-20)10-24-11-18(22-23-24)13-5-7-14(8-6-13)25(27)28;25-19-20(16-8-4-5-9-17(16)21-19)10-15(26-13-20)11-24-12-18(22-23-24)14-6-2-1-3-7-14;1-2-24-15(22)14-9-21(20-19-14)8-11-7-17(10-25-11)12-5-3-4-6-13(12)18-16(17)23;20-8-10-6-19(18-17-10)7-11-5-15(9-22-11)12-3-1-2-4-13(12)16-14(15)21/h1-8,11,15H,9-10,12H2,(H,21,26);1-9,12,15H,10-11,13H2,(H,21,25);3-6,9,11H,2,7-8,10H2,1H3,(H,18,23);1-4,6,11,20H,5,7-9H2,(H,16,21). The summed E-state index contributed by atoms with van der Waals surface area (Å²) in [6.07, 6.45) is 8.79. The Morgan fingerprint density at radius 3 is 1.20 bits per heavy atom. The number of nitro groups is 1. The molecular formula is C72H69N17O13. The largest absolute Gasteiger partial charge is 0.461 e. The summed E-state index contributed by atoms with van der Waals surface area (Å²) in [7, 11) is 0. The summed E-state index contributed by atoms with van der Waals surface area (Å²) in [4.78, 5) is 72.2. The molecule has 5 N–H and O–H groups in total. The van der Waals surface area contributed by atoms with Crippen LogP contribution in [0.4, 0.5) is 28.4 Å². The van der Waals surface area contributed by atoms with Crippen molar-refractivity contribution in [2.75, 3.05) is 54.3 Å². The average molecular weight is 1380 g/mol. The van der Waals surface area contributed by atoms with Gasteiger partial charge in [-0.1, -0.05) is 124 Å². The maximum Gasteiger partial charge on any atom is 0.360 e. The third-order valence-corrected chi connectivity index (χ3v) is 19.9. The van der Waals surface area contributed by atoms with Gasteiger partial charge in [0.05, 0.1) is 120 Å². The maximum absolute atomic E-state index is 12.6. The number of nitrogens with one attached hydrogen (secondary N) is 4. The summed E-state index contributed by atoms with van der Waals surface area (Å²) in [5, 5.41) is 63.9. The molecule has 8 unspecified atom stereocenters. The van der Waals surface area contributed by atoms with Crippen molar-refractivity contribution in [3.63, 3.8) is 0 Å². The van der Waals surface area contributed by atoms with Crippen molar-refractivity contribution in [1.29, 1.82) is 0 Å². The summed E-state index contributed by atoms with van der Waals surface area (Å²) in [6.45, 7) is 5.33. The van der Waals surface area contributed by atoms with Crippen LogP contribution in [0.25, 0.3) is 22.5 Å². The number of aliphatic hydroxyl groups excluding tert-OH is 1.